The van der Waals surface area contributed by atoms with E-state index < -0.39 is 0 Å². The maximum Gasteiger partial charge on any atom is 0.00967 e. The highest BCUT2D eigenvalue weighted by molar-refractivity contribution is 4.83. The molecule has 0 amide bonds. The van der Waals surface area contributed by atoms with Gasteiger partial charge in [0.25, 0.3) is 0 Å². The first kappa shape index (κ1) is 17.9. The van der Waals surface area contributed by atoms with Crippen LogP contribution in [0, 0.1) is 5.41 Å². The Labute approximate surface area is 116 Å². The van der Waals surface area contributed by atoms with Gasteiger partial charge in [0.1, 0.15) is 0 Å². The molecule has 0 aliphatic carbocycles. The summed E-state index contributed by atoms with van der Waals surface area (Å²) in [6.45, 7) is 20.8. The largest absolute Gasteiger partial charge is 0.311 e. The zero-order valence-corrected chi connectivity index (χ0v) is 13.9. The third kappa shape index (κ3) is 8.10. The van der Waals surface area contributed by atoms with Crippen molar-refractivity contribution in [1.29, 1.82) is 0 Å². The van der Waals surface area contributed by atoms with Crippen molar-refractivity contribution in [2.24, 2.45) is 5.41 Å². The van der Waals surface area contributed by atoms with E-state index in [0.717, 1.165) is 6.54 Å². The van der Waals surface area contributed by atoms with Crippen molar-refractivity contribution < 1.29 is 0 Å². The van der Waals surface area contributed by atoms with Crippen molar-refractivity contribution in [3.05, 3.63) is 0 Å². The summed E-state index contributed by atoms with van der Waals surface area (Å²) in [5.41, 5.74) is 0.606. The lowest BCUT2D eigenvalue weighted by atomic mass is 9.85. The lowest BCUT2D eigenvalue weighted by molar-refractivity contribution is 0.146. The van der Waals surface area contributed by atoms with Crippen LogP contribution in [0.5, 0.6) is 0 Å². The monoisotopic (exact) mass is 256 g/mol. The van der Waals surface area contributed by atoms with Crippen LogP contribution in [0.1, 0.15) is 67.7 Å². The first-order chi connectivity index (χ1) is 8.26. The summed E-state index contributed by atoms with van der Waals surface area (Å²) in [5.74, 6) is 0. The highest BCUT2D eigenvalue weighted by atomic mass is 15.1. The molecule has 0 heterocycles. The number of nitrogens with zero attached hydrogens (tertiary/aromatic N) is 1. The summed E-state index contributed by atoms with van der Waals surface area (Å²) in [4.78, 5) is 2.63. The van der Waals surface area contributed by atoms with Gasteiger partial charge in [-0.2, -0.15) is 0 Å². The van der Waals surface area contributed by atoms with Gasteiger partial charge in [0.2, 0.25) is 0 Å². The van der Waals surface area contributed by atoms with Crippen LogP contribution in [0.15, 0.2) is 0 Å². The highest BCUT2D eigenvalue weighted by Gasteiger charge is 2.26. The second-order valence-electron chi connectivity index (χ2n) is 7.04. The van der Waals surface area contributed by atoms with E-state index in [9.17, 15) is 0 Å². The van der Waals surface area contributed by atoms with Crippen molar-refractivity contribution in [3.8, 4) is 0 Å². The molecule has 0 saturated heterocycles. The normalized spacial score (nSPS) is 16.0. The molecule has 0 aliphatic heterocycles. The van der Waals surface area contributed by atoms with Crippen molar-refractivity contribution in [2.75, 3.05) is 26.2 Å². The van der Waals surface area contributed by atoms with E-state index in [0.29, 0.717) is 5.41 Å². The fraction of sp³-hybridized carbons (Fsp3) is 1.00. The van der Waals surface area contributed by atoms with Crippen LogP contribution in [-0.4, -0.2) is 36.6 Å². The zero-order valence-electron chi connectivity index (χ0n) is 13.9. The van der Waals surface area contributed by atoms with E-state index in [1.54, 1.807) is 0 Å². The quantitative estimate of drug-likeness (QED) is 0.673. The number of hydrogen-bond donors (Lipinski definition) is 1. The zero-order chi connectivity index (χ0) is 14.2. The van der Waals surface area contributed by atoms with Crippen LogP contribution in [0.4, 0.5) is 0 Å². The summed E-state index contributed by atoms with van der Waals surface area (Å²) >= 11 is 0. The molecule has 0 saturated carbocycles. The lowest BCUT2D eigenvalue weighted by Crippen LogP contribution is -2.47. The van der Waals surface area contributed by atoms with Crippen LogP contribution in [-0.2, 0) is 0 Å². The molecule has 0 bridgehead atoms. The summed E-state index contributed by atoms with van der Waals surface area (Å²) in [5, 5.41) is 3.68. The molecule has 0 radical (unpaired) electrons. The minimum absolute atomic E-state index is 0.219. The minimum Gasteiger partial charge on any atom is -0.311 e. The summed E-state index contributed by atoms with van der Waals surface area (Å²) in [7, 11) is 0. The van der Waals surface area contributed by atoms with Gasteiger partial charge in [-0.05, 0) is 58.5 Å². The number of nitrogens with one attached hydrogen (secondary N) is 1. The predicted octanol–water partition coefficient (Wildman–Crippen LogP) is 3.91. The van der Waals surface area contributed by atoms with Gasteiger partial charge in [0.15, 0.2) is 0 Å². The van der Waals surface area contributed by atoms with Gasteiger partial charge in [-0.1, -0.05) is 27.7 Å². The topological polar surface area (TPSA) is 15.3 Å². The van der Waals surface area contributed by atoms with Gasteiger partial charge in [0.05, 0.1) is 0 Å². The average molecular weight is 256 g/mol. The molecule has 0 spiro atoms. The number of rotatable bonds is 9. The first-order valence-corrected chi connectivity index (χ1v) is 7.73. The van der Waals surface area contributed by atoms with Crippen LogP contribution >= 0.6 is 0 Å². The van der Waals surface area contributed by atoms with Crippen molar-refractivity contribution in [3.63, 3.8) is 0 Å². The fourth-order valence-corrected chi connectivity index (χ4v) is 2.21. The second kappa shape index (κ2) is 8.16. The van der Waals surface area contributed by atoms with Gasteiger partial charge in [-0.3, -0.25) is 0 Å². The standard InChI is InChI=1S/C16H36N2/c1-8-11-18(12-9-2)14-16(7,10-3)13-17-15(4,5)6/h17H,8-14H2,1-7H3. The van der Waals surface area contributed by atoms with Crippen molar-refractivity contribution in [2.45, 2.75) is 73.3 Å². The third-order valence-corrected chi connectivity index (χ3v) is 3.58. The van der Waals surface area contributed by atoms with E-state index in [1.165, 1.54) is 38.9 Å². The predicted molar refractivity (Wildman–Crippen MR) is 83.2 cm³/mol. The molecule has 0 fully saturated rings. The van der Waals surface area contributed by atoms with Crippen LogP contribution < -0.4 is 5.32 Å². The molecular formula is C16H36N2. The maximum atomic E-state index is 3.68. The van der Waals surface area contributed by atoms with Crippen molar-refractivity contribution >= 4 is 0 Å². The Morgan fingerprint density at radius 2 is 1.39 bits per heavy atom. The molecule has 1 N–H and O–H groups in total. The highest BCUT2D eigenvalue weighted by Crippen LogP contribution is 2.23. The minimum atomic E-state index is 0.219. The molecule has 110 valence electrons. The Bertz CT molecular complexity index is 202. The van der Waals surface area contributed by atoms with Gasteiger partial charge < -0.3 is 10.2 Å². The average Bonchev–Trinajstić information content (AvgIpc) is 2.26. The number of hydrogen-bond acceptors (Lipinski definition) is 2. The van der Waals surface area contributed by atoms with E-state index in [4.69, 9.17) is 0 Å². The molecule has 0 aromatic heterocycles. The molecule has 1 atom stereocenters. The molecule has 0 aromatic rings. The molecule has 1 unspecified atom stereocenters. The molecule has 0 aliphatic rings. The van der Waals surface area contributed by atoms with E-state index in [2.05, 4.69) is 58.7 Å². The van der Waals surface area contributed by atoms with E-state index in [-0.39, 0.29) is 5.54 Å². The first-order valence-electron chi connectivity index (χ1n) is 7.73. The molecule has 0 rings (SSSR count). The maximum absolute atomic E-state index is 3.68. The molecule has 0 aromatic carbocycles. The van der Waals surface area contributed by atoms with Gasteiger partial charge >= 0.3 is 0 Å². The van der Waals surface area contributed by atoms with Gasteiger partial charge in [0, 0.05) is 18.6 Å². The van der Waals surface area contributed by atoms with Gasteiger partial charge in [-0.25, -0.2) is 0 Å². The Balaban J connectivity index is 4.41. The Hall–Kier alpha value is -0.0800. The molecule has 18 heavy (non-hydrogen) atoms. The molecule has 2 nitrogen and oxygen atoms in total. The van der Waals surface area contributed by atoms with E-state index >= 15 is 0 Å². The third-order valence-electron chi connectivity index (χ3n) is 3.58. The van der Waals surface area contributed by atoms with Gasteiger partial charge in [-0.15, -0.1) is 0 Å². The summed E-state index contributed by atoms with van der Waals surface area (Å²) in [6.07, 6.45) is 3.75. The van der Waals surface area contributed by atoms with Crippen LogP contribution in [0.25, 0.3) is 0 Å². The second-order valence-corrected chi connectivity index (χ2v) is 7.04. The van der Waals surface area contributed by atoms with Crippen LogP contribution in [0.3, 0.4) is 0 Å². The van der Waals surface area contributed by atoms with E-state index in [1.807, 2.05) is 0 Å². The van der Waals surface area contributed by atoms with Crippen molar-refractivity contribution in [1.82, 2.24) is 10.2 Å². The summed E-state index contributed by atoms with van der Waals surface area (Å²) < 4.78 is 0. The van der Waals surface area contributed by atoms with Crippen LogP contribution in [0.2, 0.25) is 0 Å². The Kier molecular flexibility index (Phi) is 8.13. The molecule has 2 heteroatoms. The SMILES string of the molecule is CCCN(CCC)CC(C)(CC)CNC(C)(C)C. The molecular weight excluding hydrogens is 220 g/mol. The summed E-state index contributed by atoms with van der Waals surface area (Å²) in [6, 6.07) is 0. The Morgan fingerprint density at radius 3 is 1.72 bits per heavy atom. The fourth-order valence-electron chi connectivity index (χ4n) is 2.21. The smallest absolute Gasteiger partial charge is 0.00967 e. The lowest BCUT2D eigenvalue weighted by Gasteiger charge is -2.37. The Morgan fingerprint density at radius 1 is 0.889 bits per heavy atom.